The molecule has 14 heavy (non-hydrogen) atoms. The average Bonchev–Trinajstić information content (AvgIpc) is 2.19. The third kappa shape index (κ3) is 2.31. The van der Waals surface area contributed by atoms with Crippen molar-refractivity contribution in [2.24, 2.45) is 0 Å². The SMILES string of the molecule is CCCC(C)(CC)c1ccc(F)nc1. The summed E-state index contributed by atoms with van der Waals surface area (Å²) in [6, 6.07) is 3.29. The van der Waals surface area contributed by atoms with E-state index >= 15 is 0 Å². The highest BCUT2D eigenvalue weighted by Gasteiger charge is 2.23. The van der Waals surface area contributed by atoms with Crippen LogP contribution in [0.5, 0.6) is 0 Å². The zero-order chi connectivity index (χ0) is 10.6. The number of hydrogen-bond donors (Lipinski definition) is 0. The van der Waals surface area contributed by atoms with E-state index in [0.29, 0.717) is 0 Å². The fourth-order valence-electron chi connectivity index (χ4n) is 1.81. The molecule has 1 heterocycles. The van der Waals surface area contributed by atoms with Crippen LogP contribution in [0.25, 0.3) is 0 Å². The van der Waals surface area contributed by atoms with E-state index in [4.69, 9.17) is 0 Å². The first-order valence-corrected chi connectivity index (χ1v) is 5.24. The predicted octanol–water partition coefficient (Wildman–Crippen LogP) is 3.69. The number of aromatic nitrogens is 1. The summed E-state index contributed by atoms with van der Waals surface area (Å²) in [7, 11) is 0. The summed E-state index contributed by atoms with van der Waals surface area (Å²) in [6.07, 6.45) is 4.99. The monoisotopic (exact) mass is 195 g/mol. The Balaban J connectivity index is 2.94. The van der Waals surface area contributed by atoms with Gasteiger partial charge in [-0.15, -0.1) is 0 Å². The van der Waals surface area contributed by atoms with Crippen LogP contribution in [0, 0.1) is 5.95 Å². The van der Waals surface area contributed by atoms with Crippen molar-refractivity contribution in [3.8, 4) is 0 Å². The van der Waals surface area contributed by atoms with Crippen molar-refractivity contribution in [2.75, 3.05) is 0 Å². The van der Waals surface area contributed by atoms with Crippen LogP contribution in [0.1, 0.15) is 45.6 Å². The van der Waals surface area contributed by atoms with E-state index in [2.05, 4.69) is 25.8 Å². The topological polar surface area (TPSA) is 12.9 Å². The third-order valence-corrected chi connectivity index (χ3v) is 3.01. The highest BCUT2D eigenvalue weighted by molar-refractivity contribution is 5.20. The normalized spacial score (nSPS) is 15.1. The van der Waals surface area contributed by atoms with Crippen molar-refractivity contribution in [1.82, 2.24) is 4.98 Å². The highest BCUT2D eigenvalue weighted by Crippen LogP contribution is 2.31. The maximum Gasteiger partial charge on any atom is 0.212 e. The van der Waals surface area contributed by atoms with E-state index in [1.807, 2.05) is 6.07 Å². The van der Waals surface area contributed by atoms with Crippen LogP contribution in [-0.4, -0.2) is 4.98 Å². The highest BCUT2D eigenvalue weighted by atomic mass is 19.1. The molecule has 0 aliphatic heterocycles. The summed E-state index contributed by atoms with van der Waals surface area (Å²) >= 11 is 0. The minimum absolute atomic E-state index is 0.148. The van der Waals surface area contributed by atoms with Crippen LogP contribution < -0.4 is 0 Å². The lowest BCUT2D eigenvalue weighted by Gasteiger charge is -2.28. The van der Waals surface area contributed by atoms with Crippen molar-refractivity contribution in [3.63, 3.8) is 0 Å². The first-order chi connectivity index (χ1) is 6.62. The molecule has 0 radical (unpaired) electrons. The quantitative estimate of drug-likeness (QED) is 0.668. The molecule has 0 fully saturated rings. The van der Waals surface area contributed by atoms with Gasteiger partial charge < -0.3 is 0 Å². The molecule has 1 unspecified atom stereocenters. The molecule has 2 heteroatoms. The smallest absolute Gasteiger partial charge is 0.212 e. The Morgan fingerprint density at radius 1 is 1.36 bits per heavy atom. The van der Waals surface area contributed by atoms with Gasteiger partial charge >= 0.3 is 0 Å². The number of nitrogens with zero attached hydrogens (tertiary/aromatic N) is 1. The molecule has 0 N–H and O–H groups in total. The molecule has 0 aliphatic carbocycles. The first kappa shape index (κ1) is 11.2. The average molecular weight is 195 g/mol. The molecule has 1 nitrogen and oxygen atoms in total. The number of hydrogen-bond acceptors (Lipinski definition) is 1. The van der Waals surface area contributed by atoms with Crippen molar-refractivity contribution >= 4 is 0 Å². The largest absolute Gasteiger partial charge is 0.228 e. The van der Waals surface area contributed by atoms with Gasteiger partial charge in [0.15, 0.2) is 0 Å². The summed E-state index contributed by atoms with van der Waals surface area (Å²) in [5.41, 5.74) is 1.29. The van der Waals surface area contributed by atoms with Gasteiger partial charge in [-0.05, 0) is 29.9 Å². The van der Waals surface area contributed by atoms with E-state index in [-0.39, 0.29) is 5.41 Å². The molecule has 0 aromatic carbocycles. The van der Waals surface area contributed by atoms with E-state index in [1.165, 1.54) is 6.07 Å². The summed E-state index contributed by atoms with van der Waals surface area (Å²) < 4.78 is 12.7. The minimum Gasteiger partial charge on any atom is -0.228 e. The van der Waals surface area contributed by atoms with Crippen molar-refractivity contribution in [3.05, 3.63) is 29.8 Å². The second-order valence-electron chi connectivity index (χ2n) is 4.03. The molecule has 1 atom stereocenters. The Hall–Kier alpha value is -0.920. The summed E-state index contributed by atoms with van der Waals surface area (Å²) in [5.74, 6) is -0.399. The standard InChI is InChI=1S/C12H18FN/c1-4-8-12(3,5-2)10-6-7-11(13)14-9-10/h6-7,9H,4-5,8H2,1-3H3. The Labute approximate surface area is 85.4 Å². The molecule has 0 aliphatic rings. The molecular formula is C12H18FN. The second kappa shape index (κ2) is 4.54. The van der Waals surface area contributed by atoms with Crippen molar-refractivity contribution < 1.29 is 4.39 Å². The van der Waals surface area contributed by atoms with Crippen LogP contribution in [0.4, 0.5) is 4.39 Å². The molecule has 1 rings (SSSR count). The number of rotatable bonds is 4. The third-order valence-electron chi connectivity index (χ3n) is 3.01. The minimum atomic E-state index is -0.399. The van der Waals surface area contributed by atoms with Gasteiger partial charge in [0.2, 0.25) is 5.95 Å². The lowest BCUT2D eigenvalue weighted by Crippen LogP contribution is -2.20. The zero-order valence-electron chi connectivity index (χ0n) is 9.18. The Morgan fingerprint density at radius 3 is 2.50 bits per heavy atom. The van der Waals surface area contributed by atoms with Crippen molar-refractivity contribution in [2.45, 2.75) is 45.4 Å². The van der Waals surface area contributed by atoms with E-state index in [9.17, 15) is 4.39 Å². The van der Waals surface area contributed by atoms with Gasteiger partial charge in [0.1, 0.15) is 0 Å². The van der Waals surface area contributed by atoms with Gasteiger partial charge in [0.05, 0.1) is 0 Å². The fourth-order valence-corrected chi connectivity index (χ4v) is 1.81. The molecule has 1 aromatic heterocycles. The van der Waals surface area contributed by atoms with Gasteiger partial charge in [0, 0.05) is 6.20 Å². The van der Waals surface area contributed by atoms with Crippen LogP contribution in [0.3, 0.4) is 0 Å². The molecule has 1 aromatic rings. The van der Waals surface area contributed by atoms with Crippen LogP contribution >= 0.6 is 0 Å². The molecule has 0 bridgehead atoms. The Bertz CT molecular complexity index is 281. The molecule has 0 spiro atoms. The van der Waals surface area contributed by atoms with Crippen LogP contribution in [-0.2, 0) is 5.41 Å². The van der Waals surface area contributed by atoms with Crippen LogP contribution in [0.2, 0.25) is 0 Å². The second-order valence-corrected chi connectivity index (χ2v) is 4.03. The molecular weight excluding hydrogens is 177 g/mol. The molecule has 0 amide bonds. The first-order valence-electron chi connectivity index (χ1n) is 5.24. The van der Waals surface area contributed by atoms with Gasteiger partial charge in [-0.1, -0.05) is 33.3 Å². The fraction of sp³-hybridized carbons (Fsp3) is 0.583. The van der Waals surface area contributed by atoms with Gasteiger partial charge in [0.25, 0.3) is 0 Å². The summed E-state index contributed by atoms with van der Waals surface area (Å²) in [6.45, 7) is 6.55. The summed E-state index contributed by atoms with van der Waals surface area (Å²) in [4.78, 5) is 3.71. The van der Waals surface area contributed by atoms with Gasteiger partial charge in [-0.25, -0.2) is 4.98 Å². The van der Waals surface area contributed by atoms with Crippen LogP contribution in [0.15, 0.2) is 18.3 Å². The van der Waals surface area contributed by atoms with Gasteiger partial charge in [-0.2, -0.15) is 4.39 Å². The predicted molar refractivity (Wildman–Crippen MR) is 56.7 cm³/mol. The lowest BCUT2D eigenvalue weighted by molar-refractivity contribution is 0.411. The maximum absolute atomic E-state index is 12.7. The number of halogens is 1. The molecule has 0 saturated heterocycles. The van der Waals surface area contributed by atoms with E-state index < -0.39 is 5.95 Å². The summed E-state index contributed by atoms with van der Waals surface area (Å²) in [5, 5.41) is 0. The lowest BCUT2D eigenvalue weighted by atomic mass is 9.77. The van der Waals surface area contributed by atoms with E-state index in [1.54, 1.807) is 6.20 Å². The van der Waals surface area contributed by atoms with E-state index in [0.717, 1.165) is 24.8 Å². The van der Waals surface area contributed by atoms with Gasteiger partial charge in [-0.3, -0.25) is 0 Å². The van der Waals surface area contributed by atoms with Crippen molar-refractivity contribution in [1.29, 1.82) is 0 Å². The molecule has 78 valence electrons. The Kier molecular flexibility index (Phi) is 3.62. The Morgan fingerprint density at radius 2 is 2.07 bits per heavy atom. The maximum atomic E-state index is 12.7. The molecule has 0 saturated carbocycles. The number of pyridine rings is 1. The zero-order valence-corrected chi connectivity index (χ0v) is 9.18.